The number of primary amides is 2. The molecule has 0 aliphatic rings. The number of benzene rings is 1. The molecule has 0 unspecified atom stereocenters. The molecule has 1 aromatic carbocycles. The lowest BCUT2D eigenvalue weighted by molar-refractivity contribution is -0.117. The van der Waals surface area contributed by atoms with Gasteiger partial charge in [-0.1, -0.05) is 0 Å². The Morgan fingerprint density at radius 1 is 1.19 bits per heavy atom. The van der Waals surface area contributed by atoms with Crippen LogP contribution >= 0.6 is 0 Å². The highest BCUT2D eigenvalue weighted by atomic mass is 19.3. The third-order valence-corrected chi connectivity index (χ3v) is 2.33. The first kappa shape index (κ1) is 16.4. The summed E-state index contributed by atoms with van der Waals surface area (Å²) in [6.45, 7) is -4.18. The minimum atomic E-state index is -3.25. The van der Waals surface area contributed by atoms with Crippen LogP contribution in [-0.4, -0.2) is 31.5 Å². The average molecular weight is 306 g/mol. The van der Waals surface area contributed by atoms with Crippen LogP contribution in [0.3, 0.4) is 0 Å². The van der Waals surface area contributed by atoms with E-state index >= 15 is 0 Å². The van der Waals surface area contributed by atoms with E-state index in [4.69, 9.17) is 17.2 Å². The number of anilines is 2. The highest BCUT2D eigenvalue weighted by Gasteiger charge is 2.19. The fraction of sp³-hybridized carbons (Fsp3) is 0.273. The minimum Gasteiger partial charge on any atom is -0.432 e. The highest BCUT2D eigenvalue weighted by Crippen LogP contribution is 2.31. The molecular formula is C11H13F3N4O3. The maximum Gasteiger partial charge on any atom is 0.387 e. The zero-order valence-electron chi connectivity index (χ0n) is 10.7. The first-order valence-electron chi connectivity index (χ1n) is 5.56. The molecule has 0 aromatic heterocycles. The first-order chi connectivity index (χ1) is 9.70. The number of nitrogens with zero attached hydrogens (tertiary/aromatic N) is 1. The van der Waals surface area contributed by atoms with Gasteiger partial charge in [0.05, 0.1) is 24.5 Å². The van der Waals surface area contributed by atoms with Crippen LogP contribution in [0.1, 0.15) is 0 Å². The van der Waals surface area contributed by atoms with E-state index in [2.05, 4.69) is 4.74 Å². The van der Waals surface area contributed by atoms with Crippen LogP contribution in [-0.2, 0) is 9.59 Å². The summed E-state index contributed by atoms with van der Waals surface area (Å²) >= 11 is 0. The van der Waals surface area contributed by atoms with E-state index in [-0.39, 0.29) is 11.4 Å². The summed E-state index contributed by atoms with van der Waals surface area (Å²) in [6, 6.07) is 1.56. The van der Waals surface area contributed by atoms with E-state index in [0.29, 0.717) is 0 Å². The van der Waals surface area contributed by atoms with Crippen molar-refractivity contribution >= 4 is 23.2 Å². The summed E-state index contributed by atoms with van der Waals surface area (Å²) in [5.74, 6) is -3.55. The molecule has 0 spiro atoms. The molecule has 0 atom stereocenters. The van der Waals surface area contributed by atoms with Gasteiger partial charge in [-0.2, -0.15) is 8.78 Å². The number of ether oxygens (including phenoxy) is 1. The van der Waals surface area contributed by atoms with Crippen LogP contribution in [0.25, 0.3) is 0 Å². The average Bonchev–Trinajstić information content (AvgIpc) is 2.30. The van der Waals surface area contributed by atoms with Gasteiger partial charge in [0.15, 0.2) is 11.6 Å². The summed E-state index contributed by atoms with van der Waals surface area (Å²) in [5.41, 5.74) is 15.3. The summed E-state index contributed by atoms with van der Waals surface area (Å²) in [5, 5.41) is 0. The number of hydrogen-bond donors (Lipinski definition) is 3. The number of hydrogen-bond acceptors (Lipinski definition) is 5. The number of amides is 2. The van der Waals surface area contributed by atoms with E-state index in [1.165, 1.54) is 0 Å². The fourth-order valence-corrected chi connectivity index (χ4v) is 1.62. The molecule has 0 saturated carbocycles. The molecule has 1 rings (SSSR count). The molecule has 0 radical (unpaired) electrons. The standard InChI is InChI=1S/C11H13F3N4O3/c12-5-1-6(15)7(2-8(5)21-11(13)14)18(3-9(16)19)4-10(17)20/h1-2,11H,3-4,15H2,(H2,16,19)(H2,17,20). The van der Waals surface area contributed by atoms with Crippen molar-refractivity contribution in [2.45, 2.75) is 6.61 Å². The van der Waals surface area contributed by atoms with E-state index in [1.54, 1.807) is 0 Å². The van der Waals surface area contributed by atoms with Gasteiger partial charge in [0.2, 0.25) is 11.8 Å². The zero-order valence-corrected chi connectivity index (χ0v) is 10.7. The summed E-state index contributed by atoms with van der Waals surface area (Å²) < 4.78 is 41.8. The zero-order chi connectivity index (χ0) is 16.2. The van der Waals surface area contributed by atoms with E-state index in [1.807, 2.05) is 0 Å². The maximum atomic E-state index is 13.4. The topological polar surface area (TPSA) is 125 Å². The van der Waals surface area contributed by atoms with Crippen molar-refractivity contribution in [3.8, 4) is 5.75 Å². The van der Waals surface area contributed by atoms with Crippen LogP contribution in [0.5, 0.6) is 5.75 Å². The number of nitrogen functional groups attached to an aromatic ring is 1. The van der Waals surface area contributed by atoms with Crippen molar-refractivity contribution in [3.05, 3.63) is 17.9 Å². The predicted octanol–water partition coefficient (Wildman–Crippen LogP) is -0.214. The van der Waals surface area contributed by atoms with Crippen LogP contribution in [0, 0.1) is 5.82 Å². The Balaban J connectivity index is 3.22. The van der Waals surface area contributed by atoms with Gasteiger partial charge in [0.25, 0.3) is 0 Å². The van der Waals surface area contributed by atoms with Crippen LogP contribution in [0.2, 0.25) is 0 Å². The summed E-state index contributed by atoms with van der Waals surface area (Å²) in [4.78, 5) is 23.0. The number of nitrogens with two attached hydrogens (primary N) is 3. The molecule has 1 aromatic rings. The largest absolute Gasteiger partial charge is 0.432 e. The Bertz CT molecular complexity index is 538. The summed E-state index contributed by atoms with van der Waals surface area (Å²) in [6.07, 6.45) is 0. The molecule has 116 valence electrons. The maximum absolute atomic E-state index is 13.4. The molecule has 0 heterocycles. The van der Waals surface area contributed by atoms with Gasteiger partial charge < -0.3 is 26.8 Å². The van der Waals surface area contributed by atoms with Crippen LogP contribution in [0.4, 0.5) is 24.5 Å². The fourth-order valence-electron chi connectivity index (χ4n) is 1.62. The third kappa shape index (κ3) is 4.75. The molecule has 0 fully saturated rings. The number of carbonyl (C=O) groups is 2. The minimum absolute atomic E-state index is 0.0790. The SMILES string of the molecule is NC(=O)CN(CC(N)=O)c1cc(OC(F)F)c(F)cc1N. The molecule has 7 nitrogen and oxygen atoms in total. The molecule has 21 heavy (non-hydrogen) atoms. The van der Waals surface area contributed by atoms with Gasteiger partial charge in [-0.15, -0.1) is 0 Å². The normalized spacial score (nSPS) is 10.5. The molecular weight excluding hydrogens is 293 g/mol. The molecule has 0 saturated heterocycles. The predicted molar refractivity (Wildman–Crippen MR) is 68.0 cm³/mol. The highest BCUT2D eigenvalue weighted by molar-refractivity contribution is 5.87. The Kier molecular flexibility index (Phi) is 5.22. The van der Waals surface area contributed by atoms with E-state index in [9.17, 15) is 22.8 Å². The van der Waals surface area contributed by atoms with Crippen molar-refractivity contribution in [1.82, 2.24) is 0 Å². The van der Waals surface area contributed by atoms with Crippen molar-refractivity contribution in [2.75, 3.05) is 23.7 Å². The van der Waals surface area contributed by atoms with E-state index in [0.717, 1.165) is 17.0 Å². The molecule has 0 bridgehead atoms. The summed E-state index contributed by atoms with van der Waals surface area (Å²) in [7, 11) is 0. The lowest BCUT2D eigenvalue weighted by Gasteiger charge is -2.24. The number of rotatable bonds is 7. The van der Waals surface area contributed by atoms with Gasteiger partial charge in [-0.3, -0.25) is 9.59 Å². The molecule has 6 N–H and O–H groups in total. The van der Waals surface area contributed by atoms with Gasteiger partial charge in [0.1, 0.15) is 0 Å². The Morgan fingerprint density at radius 2 is 1.71 bits per heavy atom. The van der Waals surface area contributed by atoms with Crippen molar-refractivity contribution in [1.29, 1.82) is 0 Å². The Labute approximate surface area is 117 Å². The molecule has 0 aliphatic carbocycles. The Hall–Kier alpha value is -2.65. The second kappa shape index (κ2) is 6.68. The number of alkyl halides is 2. The van der Waals surface area contributed by atoms with Crippen molar-refractivity contribution < 1.29 is 27.5 Å². The second-order valence-corrected chi connectivity index (χ2v) is 4.01. The van der Waals surface area contributed by atoms with Gasteiger partial charge in [-0.25, -0.2) is 4.39 Å². The lowest BCUT2D eigenvalue weighted by Crippen LogP contribution is -2.40. The van der Waals surface area contributed by atoms with Gasteiger partial charge in [-0.05, 0) is 0 Å². The number of carbonyl (C=O) groups excluding carboxylic acids is 2. The quantitative estimate of drug-likeness (QED) is 0.601. The smallest absolute Gasteiger partial charge is 0.387 e. The Morgan fingerprint density at radius 3 is 2.14 bits per heavy atom. The monoisotopic (exact) mass is 306 g/mol. The molecule has 2 amide bonds. The number of halogens is 3. The molecule has 0 aliphatic heterocycles. The van der Waals surface area contributed by atoms with Gasteiger partial charge in [0, 0.05) is 12.1 Å². The van der Waals surface area contributed by atoms with Crippen molar-refractivity contribution in [2.24, 2.45) is 11.5 Å². The van der Waals surface area contributed by atoms with E-state index < -0.39 is 43.1 Å². The third-order valence-electron chi connectivity index (χ3n) is 2.33. The van der Waals surface area contributed by atoms with Crippen LogP contribution in [0.15, 0.2) is 12.1 Å². The molecule has 10 heteroatoms. The second-order valence-electron chi connectivity index (χ2n) is 4.01. The van der Waals surface area contributed by atoms with Gasteiger partial charge >= 0.3 is 6.61 Å². The lowest BCUT2D eigenvalue weighted by atomic mass is 10.2. The van der Waals surface area contributed by atoms with Crippen molar-refractivity contribution in [3.63, 3.8) is 0 Å². The first-order valence-corrected chi connectivity index (χ1v) is 5.56. The van der Waals surface area contributed by atoms with Crippen LogP contribution < -0.4 is 26.8 Å².